The number of benzene rings is 1. The van der Waals surface area contributed by atoms with Crippen LogP contribution >= 0.6 is 15.9 Å². The van der Waals surface area contributed by atoms with E-state index in [2.05, 4.69) is 15.9 Å². The van der Waals surface area contributed by atoms with Crippen LogP contribution < -0.4 is 5.76 Å². The third kappa shape index (κ3) is 2.43. The molecule has 0 saturated carbocycles. The molecule has 0 spiro atoms. The van der Waals surface area contributed by atoms with Crippen LogP contribution in [-0.2, 0) is 16.0 Å². The lowest BCUT2D eigenvalue weighted by Gasteiger charge is -2.27. The van der Waals surface area contributed by atoms with Gasteiger partial charge in [-0.1, -0.05) is 22.0 Å². The Labute approximate surface area is 124 Å². The summed E-state index contributed by atoms with van der Waals surface area (Å²) < 4.78 is 18.0. The first-order valence-electron chi connectivity index (χ1n) is 6.67. The van der Waals surface area contributed by atoms with Gasteiger partial charge in [-0.05, 0) is 24.6 Å². The van der Waals surface area contributed by atoms with Gasteiger partial charge >= 0.3 is 5.76 Å². The van der Waals surface area contributed by atoms with E-state index in [9.17, 15) is 4.79 Å². The molecule has 1 saturated heterocycles. The number of nitrogens with zero attached hydrogens (tertiary/aromatic N) is 1. The van der Waals surface area contributed by atoms with Crippen LogP contribution in [0.15, 0.2) is 27.4 Å². The highest BCUT2D eigenvalue weighted by Gasteiger charge is 2.25. The lowest BCUT2D eigenvalue weighted by Crippen LogP contribution is -2.31. The van der Waals surface area contributed by atoms with E-state index >= 15 is 0 Å². The molecule has 0 radical (unpaired) electrons. The summed E-state index contributed by atoms with van der Waals surface area (Å²) in [5.74, 6) is -0.317. The fourth-order valence-electron chi connectivity index (χ4n) is 2.44. The smallest absolute Gasteiger partial charge is 0.408 e. The minimum absolute atomic E-state index is 0.0162. The fraction of sp³-hybridized carbons (Fsp3) is 0.500. The minimum Gasteiger partial charge on any atom is -0.408 e. The summed E-state index contributed by atoms with van der Waals surface area (Å²) in [6.07, 6.45) is -0.0267. The van der Waals surface area contributed by atoms with Crippen LogP contribution in [0.1, 0.15) is 17.3 Å². The third-order valence-corrected chi connectivity index (χ3v) is 4.61. The normalized spacial score (nSPS) is 21.2. The van der Waals surface area contributed by atoms with E-state index in [4.69, 9.17) is 13.9 Å². The number of oxazole rings is 1. The minimum atomic E-state index is -0.317. The average Bonchev–Trinajstić information content (AvgIpc) is 2.81. The summed E-state index contributed by atoms with van der Waals surface area (Å²) in [5.41, 5.74) is 2.45. The molecule has 2 heterocycles. The number of halogens is 1. The van der Waals surface area contributed by atoms with Crippen LogP contribution in [0.4, 0.5) is 0 Å². The Morgan fingerprint density at radius 1 is 1.45 bits per heavy atom. The van der Waals surface area contributed by atoms with Crippen molar-refractivity contribution in [1.29, 1.82) is 0 Å². The van der Waals surface area contributed by atoms with Crippen LogP contribution in [0.5, 0.6) is 0 Å². The zero-order chi connectivity index (χ0) is 14.1. The highest BCUT2D eigenvalue weighted by molar-refractivity contribution is 9.09. The van der Waals surface area contributed by atoms with Gasteiger partial charge in [-0.3, -0.25) is 4.57 Å². The Morgan fingerprint density at radius 3 is 3.00 bits per heavy atom. The number of aryl methyl sites for hydroxylation is 1. The van der Waals surface area contributed by atoms with Crippen molar-refractivity contribution in [3.63, 3.8) is 0 Å². The molecule has 5 nitrogen and oxygen atoms in total. The van der Waals surface area contributed by atoms with Crippen LogP contribution in [0, 0.1) is 0 Å². The number of rotatable bonds is 3. The number of hydrogen-bond donors (Lipinski definition) is 0. The van der Waals surface area contributed by atoms with Crippen molar-refractivity contribution in [2.75, 3.05) is 19.8 Å². The molecule has 0 amide bonds. The molecule has 1 aliphatic rings. The van der Waals surface area contributed by atoms with Crippen molar-refractivity contribution in [2.24, 2.45) is 0 Å². The number of ether oxygens (including phenoxy) is 2. The molecule has 1 aromatic carbocycles. The van der Waals surface area contributed by atoms with Crippen molar-refractivity contribution in [1.82, 2.24) is 4.57 Å². The van der Waals surface area contributed by atoms with Gasteiger partial charge in [-0.25, -0.2) is 4.79 Å². The van der Waals surface area contributed by atoms with E-state index < -0.39 is 0 Å². The van der Waals surface area contributed by atoms with Gasteiger partial charge in [-0.2, -0.15) is 0 Å². The van der Waals surface area contributed by atoms with E-state index in [0.717, 1.165) is 11.1 Å². The second kappa shape index (κ2) is 5.71. The highest BCUT2D eigenvalue weighted by atomic mass is 79.9. The first-order chi connectivity index (χ1) is 9.70. The van der Waals surface area contributed by atoms with Crippen molar-refractivity contribution in [2.45, 2.75) is 24.4 Å². The first kappa shape index (κ1) is 13.9. The van der Waals surface area contributed by atoms with E-state index in [1.165, 1.54) is 0 Å². The third-order valence-electron chi connectivity index (χ3n) is 3.50. The quantitative estimate of drug-likeness (QED) is 0.804. The van der Waals surface area contributed by atoms with E-state index in [1.807, 2.05) is 25.1 Å². The van der Waals surface area contributed by atoms with Crippen LogP contribution in [0.2, 0.25) is 0 Å². The van der Waals surface area contributed by atoms with Gasteiger partial charge in [0.2, 0.25) is 0 Å². The zero-order valence-electron chi connectivity index (χ0n) is 11.2. The molecule has 1 aromatic heterocycles. The molecule has 0 bridgehead atoms. The Kier molecular flexibility index (Phi) is 3.96. The van der Waals surface area contributed by atoms with Gasteiger partial charge in [0.25, 0.3) is 0 Å². The van der Waals surface area contributed by atoms with Crippen LogP contribution in [0.3, 0.4) is 0 Å². The van der Waals surface area contributed by atoms with Gasteiger partial charge in [0, 0.05) is 6.54 Å². The average molecular weight is 342 g/mol. The second-order valence-corrected chi connectivity index (χ2v) is 5.71. The predicted octanol–water partition coefficient (Wildman–Crippen LogP) is 2.47. The summed E-state index contributed by atoms with van der Waals surface area (Å²) in [7, 11) is 0. The van der Waals surface area contributed by atoms with Gasteiger partial charge < -0.3 is 13.9 Å². The van der Waals surface area contributed by atoms with Crippen molar-refractivity contribution in [3.05, 3.63) is 34.3 Å². The van der Waals surface area contributed by atoms with Gasteiger partial charge in [0.15, 0.2) is 5.58 Å². The molecule has 1 fully saturated rings. The summed E-state index contributed by atoms with van der Waals surface area (Å²) >= 11 is 3.64. The molecule has 2 aromatic rings. The van der Waals surface area contributed by atoms with Crippen LogP contribution in [0.25, 0.3) is 11.1 Å². The van der Waals surface area contributed by atoms with Gasteiger partial charge in [0.1, 0.15) is 0 Å². The monoisotopic (exact) mass is 341 g/mol. The lowest BCUT2D eigenvalue weighted by molar-refractivity contribution is -0.0876. The molecule has 2 atom stereocenters. The second-order valence-electron chi connectivity index (χ2n) is 4.73. The molecule has 6 heteroatoms. The van der Waals surface area contributed by atoms with E-state index in [-0.39, 0.29) is 16.7 Å². The number of alkyl halides is 1. The Morgan fingerprint density at radius 2 is 2.30 bits per heavy atom. The highest BCUT2D eigenvalue weighted by Crippen LogP contribution is 2.31. The maximum atomic E-state index is 11.7. The van der Waals surface area contributed by atoms with E-state index in [1.54, 1.807) is 4.57 Å². The molecule has 2 unspecified atom stereocenters. The largest absolute Gasteiger partial charge is 0.419 e. The molecule has 108 valence electrons. The maximum absolute atomic E-state index is 11.7. The predicted molar refractivity (Wildman–Crippen MR) is 78.4 cm³/mol. The Balaban J connectivity index is 1.94. The molecular weight excluding hydrogens is 326 g/mol. The summed E-state index contributed by atoms with van der Waals surface area (Å²) in [4.78, 5) is 11.7. The fourth-order valence-corrected chi connectivity index (χ4v) is 3.03. The SMILES string of the molecule is CCn1c(=O)oc2cc(C(Br)C3COCCO3)ccc21. The molecule has 0 N–H and O–H groups in total. The summed E-state index contributed by atoms with van der Waals surface area (Å²) in [6, 6.07) is 5.79. The summed E-state index contributed by atoms with van der Waals surface area (Å²) in [6.45, 7) is 4.33. The molecule has 0 aliphatic carbocycles. The van der Waals surface area contributed by atoms with E-state index in [0.29, 0.717) is 31.9 Å². The van der Waals surface area contributed by atoms with Crippen molar-refractivity contribution in [3.8, 4) is 0 Å². The number of aromatic nitrogens is 1. The van der Waals surface area contributed by atoms with Crippen molar-refractivity contribution < 1.29 is 13.9 Å². The Hall–Kier alpha value is -1.11. The number of fused-ring (bicyclic) bond motifs is 1. The standard InChI is InChI=1S/C14H16BrNO4/c1-2-16-10-4-3-9(7-11(10)20-14(16)17)13(15)12-8-18-5-6-19-12/h3-4,7,12-13H,2,5-6,8H2,1H3. The maximum Gasteiger partial charge on any atom is 0.419 e. The van der Waals surface area contributed by atoms with Gasteiger partial charge in [0.05, 0.1) is 36.3 Å². The van der Waals surface area contributed by atoms with Crippen LogP contribution in [-0.4, -0.2) is 30.5 Å². The van der Waals surface area contributed by atoms with Gasteiger partial charge in [-0.15, -0.1) is 0 Å². The Bertz CT molecular complexity index is 657. The molecule has 3 rings (SSSR count). The molecule has 20 heavy (non-hydrogen) atoms. The van der Waals surface area contributed by atoms with Crippen molar-refractivity contribution >= 4 is 27.0 Å². The number of hydrogen-bond acceptors (Lipinski definition) is 4. The first-order valence-corrected chi connectivity index (χ1v) is 7.59. The lowest BCUT2D eigenvalue weighted by atomic mass is 10.1. The zero-order valence-corrected chi connectivity index (χ0v) is 12.8. The summed E-state index contributed by atoms with van der Waals surface area (Å²) in [5, 5.41) is 0. The topological polar surface area (TPSA) is 53.6 Å². The molecular formula is C14H16BrNO4. The molecule has 1 aliphatic heterocycles.